The van der Waals surface area contributed by atoms with E-state index in [1.54, 1.807) is 24.4 Å². The molecule has 0 saturated carbocycles. The third-order valence-corrected chi connectivity index (χ3v) is 5.37. The van der Waals surface area contributed by atoms with Gasteiger partial charge in [-0.15, -0.1) is 0 Å². The van der Waals surface area contributed by atoms with Crippen LogP contribution in [-0.4, -0.2) is 19.2 Å². The molecule has 0 aliphatic heterocycles. The average Bonchev–Trinajstić information content (AvgIpc) is 2.54. The van der Waals surface area contributed by atoms with Crippen molar-refractivity contribution in [3.8, 4) is 11.1 Å². The fourth-order valence-corrected chi connectivity index (χ4v) is 4.18. The van der Waals surface area contributed by atoms with E-state index in [9.17, 15) is 12.8 Å². The summed E-state index contributed by atoms with van der Waals surface area (Å²) in [5.41, 5.74) is 2.90. The van der Waals surface area contributed by atoms with Crippen molar-refractivity contribution in [3.05, 3.63) is 60.5 Å². The van der Waals surface area contributed by atoms with Gasteiger partial charge < -0.3 is 0 Å². The normalized spacial score (nSPS) is 11.8. The summed E-state index contributed by atoms with van der Waals surface area (Å²) in [5, 5.41) is 0.705. The van der Waals surface area contributed by atoms with E-state index in [2.05, 4.69) is 9.71 Å². The fraction of sp³-hybridized carbons (Fsp3) is 0.211. The maximum Gasteiger partial charge on any atom is 0.232 e. The minimum atomic E-state index is -3.44. The first kappa shape index (κ1) is 17.4. The van der Waals surface area contributed by atoms with Crippen LogP contribution in [0.2, 0.25) is 0 Å². The second-order valence-electron chi connectivity index (χ2n) is 6.37. The van der Waals surface area contributed by atoms with Gasteiger partial charge in [0.15, 0.2) is 0 Å². The SMILES string of the molecule is CC(C)CS(=O)(=O)Nc1ccnc2ccc(-c3ccc(F)cc3)cc12. The second kappa shape index (κ2) is 6.80. The highest BCUT2D eigenvalue weighted by Gasteiger charge is 2.15. The summed E-state index contributed by atoms with van der Waals surface area (Å²) in [6.45, 7) is 3.72. The Balaban J connectivity index is 2.05. The molecule has 130 valence electrons. The van der Waals surface area contributed by atoms with Gasteiger partial charge in [0, 0.05) is 11.6 Å². The molecule has 1 N–H and O–H groups in total. The molecule has 0 atom stereocenters. The summed E-state index contributed by atoms with van der Waals surface area (Å²) in [7, 11) is -3.44. The van der Waals surface area contributed by atoms with Crippen LogP contribution in [-0.2, 0) is 10.0 Å². The van der Waals surface area contributed by atoms with Crippen LogP contribution in [0.5, 0.6) is 0 Å². The molecule has 0 unspecified atom stereocenters. The number of rotatable bonds is 5. The van der Waals surface area contributed by atoms with E-state index in [4.69, 9.17) is 0 Å². The number of nitrogens with zero attached hydrogens (tertiary/aromatic N) is 1. The summed E-state index contributed by atoms with van der Waals surface area (Å²) >= 11 is 0. The Morgan fingerprint density at radius 1 is 1.04 bits per heavy atom. The Kier molecular flexibility index (Phi) is 4.72. The number of benzene rings is 2. The maximum atomic E-state index is 13.1. The molecule has 25 heavy (non-hydrogen) atoms. The lowest BCUT2D eigenvalue weighted by Gasteiger charge is -2.12. The largest absolute Gasteiger partial charge is 0.283 e. The molecule has 0 saturated heterocycles. The molecule has 3 rings (SSSR count). The quantitative estimate of drug-likeness (QED) is 0.733. The van der Waals surface area contributed by atoms with Crippen LogP contribution in [0.1, 0.15) is 13.8 Å². The number of pyridine rings is 1. The van der Waals surface area contributed by atoms with Gasteiger partial charge in [-0.05, 0) is 47.4 Å². The Hall–Kier alpha value is -2.47. The van der Waals surface area contributed by atoms with Crippen LogP contribution in [0, 0.1) is 11.7 Å². The van der Waals surface area contributed by atoms with Gasteiger partial charge in [-0.2, -0.15) is 0 Å². The first-order valence-corrected chi connectivity index (χ1v) is 9.64. The lowest BCUT2D eigenvalue weighted by molar-refractivity contribution is 0.587. The predicted octanol–water partition coefficient (Wildman–Crippen LogP) is 4.44. The van der Waals surface area contributed by atoms with Crippen molar-refractivity contribution in [2.45, 2.75) is 13.8 Å². The average molecular weight is 358 g/mol. The van der Waals surface area contributed by atoms with Gasteiger partial charge in [-0.3, -0.25) is 9.71 Å². The van der Waals surface area contributed by atoms with Gasteiger partial charge in [0.2, 0.25) is 10.0 Å². The van der Waals surface area contributed by atoms with Gasteiger partial charge in [-0.25, -0.2) is 12.8 Å². The Bertz CT molecular complexity index is 1000. The van der Waals surface area contributed by atoms with Crippen LogP contribution < -0.4 is 4.72 Å². The number of aromatic nitrogens is 1. The van der Waals surface area contributed by atoms with Gasteiger partial charge in [-0.1, -0.05) is 32.0 Å². The highest BCUT2D eigenvalue weighted by molar-refractivity contribution is 7.92. The zero-order valence-electron chi connectivity index (χ0n) is 14.0. The molecule has 4 nitrogen and oxygen atoms in total. The number of hydrogen-bond donors (Lipinski definition) is 1. The molecular weight excluding hydrogens is 339 g/mol. The fourth-order valence-electron chi connectivity index (χ4n) is 2.71. The molecular formula is C19H19FN2O2S. The van der Waals surface area contributed by atoms with E-state index in [0.717, 1.165) is 11.1 Å². The Morgan fingerprint density at radius 2 is 1.72 bits per heavy atom. The van der Waals surface area contributed by atoms with Crippen molar-refractivity contribution in [2.75, 3.05) is 10.5 Å². The van der Waals surface area contributed by atoms with E-state index in [0.29, 0.717) is 16.6 Å². The Labute approximate surface area is 146 Å². The van der Waals surface area contributed by atoms with Gasteiger partial charge in [0.1, 0.15) is 5.82 Å². The van der Waals surface area contributed by atoms with Crippen LogP contribution in [0.3, 0.4) is 0 Å². The molecule has 2 aromatic carbocycles. The molecule has 1 heterocycles. The highest BCUT2D eigenvalue weighted by atomic mass is 32.2. The number of fused-ring (bicyclic) bond motifs is 1. The first-order chi connectivity index (χ1) is 11.8. The smallest absolute Gasteiger partial charge is 0.232 e. The molecule has 3 aromatic rings. The molecule has 6 heteroatoms. The van der Waals surface area contributed by atoms with E-state index in [1.165, 1.54) is 12.1 Å². The lowest BCUT2D eigenvalue weighted by atomic mass is 10.0. The summed E-state index contributed by atoms with van der Waals surface area (Å²) in [6, 6.07) is 13.4. The molecule has 1 aromatic heterocycles. The Morgan fingerprint density at radius 3 is 2.40 bits per heavy atom. The van der Waals surface area contributed by atoms with Gasteiger partial charge in [0.25, 0.3) is 0 Å². The monoisotopic (exact) mass is 358 g/mol. The van der Waals surface area contributed by atoms with Crippen molar-refractivity contribution in [1.82, 2.24) is 4.98 Å². The van der Waals surface area contributed by atoms with Crippen molar-refractivity contribution in [1.29, 1.82) is 0 Å². The minimum absolute atomic E-state index is 0.0281. The van der Waals surface area contributed by atoms with Crippen LogP contribution in [0.4, 0.5) is 10.1 Å². The zero-order valence-corrected chi connectivity index (χ0v) is 14.8. The van der Waals surface area contributed by atoms with E-state index >= 15 is 0 Å². The predicted molar refractivity (Wildman–Crippen MR) is 99.4 cm³/mol. The van der Waals surface area contributed by atoms with E-state index < -0.39 is 10.0 Å². The highest BCUT2D eigenvalue weighted by Crippen LogP contribution is 2.29. The van der Waals surface area contributed by atoms with Crippen molar-refractivity contribution in [2.24, 2.45) is 5.92 Å². The third-order valence-electron chi connectivity index (χ3n) is 3.74. The molecule has 0 radical (unpaired) electrons. The van der Waals surface area contributed by atoms with E-state index in [1.807, 2.05) is 32.0 Å². The summed E-state index contributed by atoms with van der Waals surface area (Å²) in [5.74, 6) is -0.220. The molecule has 0 aliphatic carbocycles. The van der Waals surface area contributed by atoms with Gasteiger partial charge in [0.05, 0.1) is 17.0 Å². The molecule has 0 amide bonds. The van der Waals surface area contributed by atoms with Crippen LogP contribution >= 0.6 is 0 Å². The van der Waals surface area contributed by atoms with Gasteiger partial charge >= 0.3 is 0 Å². The number of sulfonamides is 1. The van der Waals surface area contributed by atoms with Crippen molar-refractivity contribution < 1.29 is 12.8 Å². The minimum Gasteiger partial charge on any atom is -0.283 e. The first-order valence-electron chi connectivity index (χ1n) is 7.99. The summed E-state index contributed by atoms with van der Waals surface area (Å²) in [6.07, 6.45) is 1.58. The van der Waals surface area contributed by atoms with E-state index in [-0.39, 0.29) is 17.5 Å². The third kappa shape index (κ3) is 4.14. The molecule has 0 spiro atoms. The number of anilines is 1. The van der Waals surface area contributed by atoms with Crippen LogP contribution in [0.15, 0.2) is 54.7 Å². The van der Waals surface area contributed by atoms with Crippen molar-refractivity contribution in [3.63, 3.8) is 0 Å². The van der Waals surface area contributed by atoms with Crippen LogP contribution in [0.25, 0.3) is 22.0 Å². The lowest BCUT2D eigenvalue weighted by Crippen LogP contribution is -2.20. The number of nitrogens with one attached hydrogen (secondary N) is 1. The zero-order chi connectivity index (χ0) is 18.0. The topological polar surface area (TPSA) is 59.1 Å². The second-order valence-corrected chi connectivity index (χ2v) is 8.14. The molecule has 0 fully saturated rings. The molecule has 0 bridgehead atoms. The molecule has 0 aliphatic rings. The maximum absolute atomic E-state index is 13.1. The van der Waals surface area contributed by atoms with Crippen molar-refractivity contribution >= 4 is 26.6 Å². The summed E-state index contributed by atoms with van der Waals surface area (Å²) in [4.78, 5) is 4.29. The number of hydrogen-bond acceptors (Lipinski definition) is 3. The summed E-state index contributed by atoms with van der Waals surface area (Å²) < 4.78 is 40.3. The number of halogens is 1. The standard InChI is InChI=1S/C19H19FN2O2S/c1-13(2)12-25(23,24)22-19-9-10-21-18-8-5-15(11-17(18)19)14-3-6-16(20)7-4-14/h3-11,13H,12H2,1-2H3,(H,21,22).